The molecule has 0 saturated heterocycles. The van der Waals surface area contributed by atoms with Crippen LogP contribution in [0.3, 0.4) is 0 Å². The Bertz CT molecular complexity index is 763. The van der Waals surface area contributed by atoms with Crippen molar-refractivity contribution in [3.8, 4) is 11.5 Å². The molecule has 0 aliphatic rings. The number of hydrogen-bond acceptors (Lipinski definition) is 5. The number of ether oxygens (including phenoxy) is 3. The number of anilines is 1. The van der Waals surface area contributed by atoms with Crippen molar-refractivity contribution in [2.24, 2.45) is 0 Å². The smallest absolute Gasteiger partial charge is 0.310 e. The first-order chi connectivity index (χ1) is 12.0. The Labute approximate surface area is 144 Å². The van der Waals surface area contributed by atoms with Crippen molar-refractivity contribution >= 4 is 17.6 Å². The van der Waals surface area contributed by atoms with Crippen LogP contribution in [0, 0.1) is 5.82 Å². The van der Waals surface area contributed by atoms with E-state index >= 15 is 0 Å². The minimum Gasteiger partial charge on any atom is -0.497 e. The molecule has 0 fully saturated rings. The fourth-order valence-electron chi connectivity index (χ4n) is 2.09. The maximum Gasteiger partial charge on any atom is 0.310 e. The molecule has 6 nitrogen and oxygen atoms in total. The number of carbonyl (C=O) groups excluding carboxylic acids is 2. The van der Waals surface area contributed by atoms with Gasteiger partial charge in [0.1, 0.15) is 17.3 Å². The summed E-state index contributed by atoms with van der Waals surface area (Å²) in [4.78, 5) is 23.7. The Balaban J connectivity index is 1.90. The zero-order valence-electron chi connectivity index (χ0n) is 13.9. The second-order valence-corrected chi connectivity index (χ2v) is 5.04. The molecule has 132 valence electrons. The van der Waals surface area contributed by atoms with Gasteiger partial charge in [0, 0.05) is 6.07 Å². The molecule has 0 heterocycles. The molecule has 25 heavy (non-hydrogen) atoms. The fraction of sp³-hybridized carbons (Fsp3) is 0.222. The first-order valence-electron chi connectivity index (χ1n) is 7.44. The zero-order valence-corrected chi connectivity index (χ0v) is 13.9. The van der Waals surface area contributed by atoms with Gasteiger partial charge in [-0.15, -0.1) is 0 Å². The molecule has 0 saturated carbocycles. The first-order valence-corrected chi connectivity index (χ1v) is 7.44. The SMILES string of the molecule is COc1ccc(OC)c(NC(=O)COC(=O)Cc2ccccc2F)c1. The summed E-state index contributed by atoms with van der Waals surface area (Å²) in [6, 6.07) is 10.8. The van der Waals surface area contributed by atoms with Crippen molar-refractivity contribution in [1.29, 1.82) is 0 Å². The Morgan fingerprint density at radius 1 is 1.08 bits per heavy atom. The summed E-state index contributed by atoms with van der Waals surface area (Å²) in [6.45, 7) is -0.492. The summed E-state index contributed by atoms with van der Waals surface area (Å²) < 4.78 is 28.6. The number of benzene rings is 2. The van der Waals surface area contributed by atoms with E-state index in [9.17, 15) is 14.0 Å². The third-order valence-corrected chi connectivity index (χ3v) is 3.34. The number of amides is 1. The topological polar surface area (TPSA) is 73.9 Å². The van der Waals surface area contributed by atoms with Crippen molar-refractivity contribution in [2.75, 3.05) is 26.1 Å². The molecule has 0 unspecified atom stereocenters. The molecular weight excluding hydrogens is 329 g/mol. The molecule has 0 atom stereocenters. The van der Waals surface area contributed by atoms with E-state index in [1.807, 2.05) is 0 Å². The van der Waals surface area contributed by atoms with Crippen LogP contribution in [0.2, 0.25) is 0 Å². The molecule has 7 heteroatoms. The van der Waals surface area contributed by atoms with Crippen LogP contribution < -0.4 is 14.8 Å². The lowest BCUT2D eigenvalue weighted by atomic mass is 10.1. The minimum absolute atomic E-state index is 0.211. The Kier molecular flexibility index (Phi) is 6.33. The van der Waals surface area contributed by atoms with E-state index in [-0.39, 0.29) is 12.0 Å². The van der Waals surface area contributed by atoms with E-state index in [0.717, 1.165) is 0 Å². The molecule has 0 spiro atoms. The summed E-state index contributed by atoms with van der Waals surface area (Å²) >= 11 is 0. The van der Waals surface area contributed by atoms with Crippen LogP contribution in [-0.4, -0.2) is 32.7 Å². The number of nitrogens with one attached hydrogen (secondary N) is 1. The van der Waals surface area contributed by atoms with Crippen LogP contribution >= 0.6 is 0 Å². The number of carbonyl (C=O) groups is 2. The number of rotatable bonds is 7. The van der Waals surface area contributed by atoms with Gasteiger partial charge in [0.15, 0.2) is 6.61 Å². The van der Waals surface area contributed by atoms with E-state index in [4.69, 9.17) is 14.2 Å². The highest BCUT2D eigenvalue weighted by Gasteiger charge is 2.13. The lowest BCUT2D eigenvalue weighted by molar-refractivity contribution is -0.146. The third-order valence-electron chi connectivity index (χ3n) is 3.34. The van der Waals surface area contributed by atoms with Gasteiger partial charge >= 0.3 is 5.97 Å². The van der Waals surface area contributed by atoms with Gasteiger partial charge in [-0.05, 0) is 23.8 Å². The van der Waals surface area contributed by atoms with E-state index in [1.54, 1.807) is 24.3 Å². The van der Waals surface area contributed by atoms with Crippen molar-refractivity contribution in [2.45, 2.75) is 6.42 Å². The van der Waals surface area contributed by atoms with E-state index in [1.165, 1.54) is 32.4 Å². The summed E-state index contributed by atoms with van der Waals surface area (Å²) in [5.74, 6) is -0.768. The average Bonchev–Trinajstić information content (AvgIpc) is 2.62. The normalized spacial score (nSPS) is 10.0. The zero-order chi connectivity index (χ0) is 18.2. The highest BCUT2D eigenvalue weighted by molar-refractivity contribution is 5.94. The molecule has 2 aromatic carbocycles. The highest BCUT2D eigenvalue weighted by Crippen LogP contribution is 2.28. The molecule has 0 radical (unpaired) electrons. The van der Waals surface area contributed by atoms with Gasteiger partial charge in [-0.3, -0.25) is 9.59 Å². The van der Waals surface area contributed by atoms with Crippen LogP contribution in [0.5, 0.6) is 11.5 Å². The summed E-state index contributed by atoms with van der Waals surface area (Å²) in [5.41, 5.74) is 0.597. The number of methoxy groups -OCH3 is 2. The lowest BCUT2D eigenvalue weighted by Crippen LogP contribution is -2.22. The molecule has 0 aliphatic heterocycles. The van der Waals surface area contributed by atoms with Gasteiger partial charge in [0.25, 0.3) is 5.91 Å². The molecule has 2 rings (SSSR count). The van der Waals surface area contributed by atoms with Gasteiger partial charge in [-0.2, -0.15) is 0 Å². The van der Waals surface area contributed by atoms with Gasteiger partial charge in [0.05, 0.1) is 26.3 Å². The van der Waals surface area contributed by atoms with Crippen molar-refractivity contribution in [3.05, 3.63) is 53.8 Å². The Morgan fingerprint density at radius 2 is 1.84 bits per heavy atom. The van der Waals surface area contributed by atoms with Crippen LogP contribution in [-0.2, 0) is 20.7 Å². The van der Waals surface area contributed by atoms with Crippen LogP contribution in [0.25, 0.3) is 0 Å². The Hall–Kier alpha value is -3.09. The largest absolute Gasteiger partial charge is 0.497 e. The van der Waals surface area contributed by atoms with E-state index < -0.39 is 24.3 Å². The summed E-state index contributed by atoms with van der Waals surface area (Å²) in [7, 11) is 2.96. The predicted octanol–water partition coefficient (Wildman–Crippen LogP) is 2.57. The number of halogens is 1. The van der Waals surface area contributed by atoms with Crippen molar-refractivity contribution in [1.82, 2.24) is 0 Å². The van der Waals surface area contributed by atoms with Gasteiger partial charge in [-0.1, -0.05) is 18.2 Å². The molecule has 0 aromatic heterocycles. The molecule has 0 bridgehead atoms. The molecule has 2 aromatic rings. The monoisotopic (exact) mass is 347 g/mol. The van der Waals surface area contributed by atoms with Gasteiger partial charge < -0.3 is 19.5 Å². The lowest BCUT2D eigenvalue weighted by Gasteiger charge is -2.12. The van der Waals surface area contributed by atoms with Crippen molar-refractivity contribution in [3.63, 3.8) is 0 Å². The molecule has 1 amide bonds. The minimum atomic E-state index is -0.696. The summed E-state index contributed by atoms with van der Waals surface area (Å²) in [6.07, 6.45) is -0.248. The standard InChI is InChI=1S/C18H18FNO5/c1-23-13-7-8-16(24-2)15(10-13)20-17(21)11-25-18(22)9-12-5-3-4-6-14(12)19/h3-8,10H,9,11H2,1-2H3,(H,20,21). The highest BCUT2D eigenvalue weighted by atomic mass is 19.1. The van der Waals surface area contributed by atoms with E-state index in [2.05, 4.69) is 5.32 Å². The van der Waals surface area contributed by atoms with Crippen molar-refractivity contribution < 1.29 is 28.2 Å². The maximum atomic E-state index is 13.5. The van der Waals surface area contributed by atoms with Crippen LogP contribution in [0.4, 0.5) is 10.1 Å². The first kappa shape index (κ1) is 18.3. The van der Waals surface area contributed by atoms with Crippen LogP contribution in [0.15, 0.2) is 42.5 Å². The Morgan fingerprint density at radius 3 is 2.52 bits per heavy atom. The maximum absolute atomic E-state index is 13.5. The quantitative estimate of drug-likeness (QED) is 0.779. The second kappa shape index (κ2) is 8.68. The van der Waals surface area contributed by atoms with Gasteiger partial charge in [-0.25, -0.2) is 4.39 Å². The molecular formula is C18H18FNO5. The molecule has 1 N–H and O–H groups in total. The summed E-state index contributed by atoms with van der Waals surface area (Å²) in [5, 5.41) is 2.57. The second-order valence-electron chi connectivity index (χ2n) is 5.04. The third kappa shape index (κ3) is 5.20. The number of esters is 1. The fourth-order valence-corrected chi connectivity index (χ4v) is 2.09. The van der Waals surface area contributed by atoms with Gasteiger partial charge in [0.2, 0.25) is 0 Å². The predicted molar refractivity (Wildman–Crippen MR) is 89.2 cm³/mol. The van der Waals surface area contributed by atoms with E-state index in [0.29, 0.717) is 17.2 Å². The molecule has 0 aliphatic carbocycles. The number of hydrogen-bond donors (Lipinski definition) is 1. The average molecular weight is 347 g/mol. The van der Waals surface area contributed by atoms with Crippen LogP contribution in [0.1, 0.15) is 5.56 Å².